The number of hydrogen-bond donors (Lipinski definition) is 2. The molecule has 1 atom stereocenters. The fraction of sp³-hybridized carbons (Fsp3) is 0.125. The average molecular weight is 394 g/mol. The van der Waals surface area contributed by atoms with Gasteiger partial charge in [-0.15, -0.1) is 0 Å². The molecule has 146 valence electrons. The van der Waals surface area contributed by atoms with Crippen molar-refractivity contribution in [2.75, 3.05) is 11.9 Å². The van der Waals surface area contributed by atoms with Gasteiger partial charge in [0.25, 0.3) is 5.91 Å². The number of nitrogens with zero attached hydrogens (tertiary/aromatic N) is 2. The summed E-state index contributed by atoms with van der Waals surface area (Å²) in [5, 5.41) is 5.54. The number of benzene rings is 2. The summed E-state index contributed by atoms with van der Waals surface area (Å²) in [6.07, 6.45) is 3.75. The topological polar surface area (TPSA) is 78.1 Å². The summed E-state index contributed by atoms with van der Waals surface area (Å²) in [7, 11) is 0. The van der Waals surface area contributed by atoms with Crippen LogP contribution < -0.4 is 5.32 Å². The number of pyridine rings is 1. The molecular formula is C24H18N4O2. The number of hydrogen-bond acceptors (Lipinski definition) is 4. The lowest BCUT2D eigenvalue weighted by Gasteiger charge is -2.20. The number of anilines is 1. The number of nitrogens with one attached hydrogen (secondary N) is 2. The average Bonchev–Trinajstić information content (AvgIpc) is 3.28. The molecule has 4 heterocycles. The van der Waals surface area contributed by atoms with E-state index < -0.39 is 0 Å². The van der Waals surface area contributed by atoms with Gasteiger partial charge in [-0.3, -0.25) is 19.5 Å². The summed E-state index contributed by atoms with van der Waals surface area (Å²) in [4.78, 5) is 34.9. The number of amides is 2. The molecule has 0 aliphatic carbocycles. The second kappa shape index (κ2) is 6.03. The van der Waals surface area contributed by atoms with Gasteiger partial charge >= 0.3 is 0 Å². The van der Waals surface area contributed by atoms with Crippen molar-refractivity contribution in [2.24, 2.45) is 0 Å². The van der Waals surface area contributed by atoms with E-state index >= 15 is 0 Å². The summed E-state index contributed by atoms with van der Waals surface area (Å²) in [6.45, 7) is 1.68. The van der Waals surface area contributed by atoms with Crippen molar-refractivity contribution in [3.05, 3.63) is 83.3 Å². The lowest BCUT2D eigenvalue weighted by atomic mass is 9.83. The van der Waals surface area contributed by atoms with E-state index in [2.05, 4.69) is 15.3 Å². The van der Waals surface area contributed by atoms with Crippen LogP contribution in [-0.2, 0) is 9.59 Å². The Labute approximate surface area is 172 Å². The lowest BCUT2D eigenvalue weighted by molar-refractivity contribution is -0.139. The van der Waals surface area contributed by atoms with Gasteiger partial charge in [0.2, 0.25) is 5.91 Å². The molecule has 2 aromatic carbocycles. The minimum absolute atomic E-state index is 0.245. The van der Waals surface area contributed by atoms with E-state index in [1.165, 1.54) is 11.8 Å². The Morgan fingerprint density at radius 3 is 2.80 bits per heavy atom. The maximum absolute atomic E-state index is 13.4. The third-order valence-electron chi connectivity index (χ3n) is 6.09. The molecule has 30 heavy (non-hydrogen) atoms. The maximum Gasteiger partial charge on any atom is 0.259 e. The highest BCUT2D eigenvalue weighted by Crippen LogP contribution is 2.46. The fourth-order valence-electron chi connectivity index (χ4n) is 4.79. The number of carbonyl (C=O) groups is 2. The third-order valence-corrected chi connectivity index (χ3v) is 6.09. The van der Waals surface area contributed by atoms with E-state index in [1.807, 2.05) is 54.7 Å². The molecule has 4 aromatic rings. The minimum Gasteiger partial charge on any atom is -0.361 e. The second-order valence-electron chi connectivity index (χ2n) is 7.76. The van der Waals surface area contributed by atoms with E-state index in [0.717, 1.165) is 44.3 Å². The molecule has 2 aliphatic rings. The van der Waals surface area contributed by atoms with Gasteiger partial charge in [0.1, 0.15) is 0 Å². The first-order valence-corrected chi connectivity index (χ1v) is 9.89. The van der Waals surface area contributed by atoms with Crippen molar-refractivity contribution in [1.29, 1.82) is 0 Å². The molecule has 0 fully saturated rings. The zero-order valence-corrected chi connectivity index (χ0v) is 16.3. The van der Waals surface area contributed by atoms with E-state index in [4.69, 9.17) is 0 Å². The van der Waals surface area contributed by atoms with Crippen LogP contribution in [0.25, 0.3) is 21.8 Å². The smallest absolute Gasteiger partial charge is 0.259 e. The Morgan fingerprint density at radius 2 is 1.93 bits per heavy atom. The molecule has 0 saturated heterocycles. The SMILES string of the molecule is CC(=O)N1CC2=C(C1=O)C(c1cccc3cccnc13)c1c[nH]c3cccc(c13)N2. The van der Waals surface area contributed by atoms with Gasteiger partial charge in [-0.05, 0) is 29.3 Å². The van der Waals surface area contributed by atoms with Crippen LogP contribution in [0.1, 0.15) is 24.0 Å². The van der Waals surface area contributed by atoms with Gasteiger partial charge < -0.3 is 10.3 Å². The zero-order valence-electron chi connectivity index (χ0n) is 16.3. The van der Waals surface area contributed by atoms with Crippen LogP contribution in [0.5, 0.6) is 0 Å². The third kappa shape index (κ3) is 2.21. The molecule has 2 N–H and O–H groups in total. The fourth-order valence-corrected chi connectivity index (χ4v) is 4.79. The normalized spacial score (nSPS) is 18.0. The Kier molecular flexibility index (Phi) is 3.41. The molecule has 2 amide bonds. The van der Waals surface area contributed by atoms with Crippen molar-refractivity contribution in [1.82, 2.24) is 14.9 Å². The number of H-pyrrole nitrogens is 1. The predicted molar refractivity (Wildman–Crippen MR) is 115 cm³/mol. The van der Waals surface area contributed by atoms with Crippen LogP contribution in [0.2, 0.25) is 0 Å². The van der Waals surface area contributed by atoms with Crippen molar-refractivity contribution < 1.29 is 9.59 Å². The van der Waals surface area contributed by atoms with Gasteiger partial charge in [-0.2, -0.15) is 0 Å². The number of imide groups is 1. The van der Waals surface area contributed by atoms with Gasteiger partial charge in [0, 0.05) is 52.9 Å². The molecule has 2 aliphatic heterocycles. The molecule has 1 unspecified atom stereocenters. The molecule has 6 heteroatoms. The van der Waals surface area contributed by atoms with Crippen molar-refractivity contribution in [2.45, 2.75) is 12.8 Å². The maximum atomic E-state index is 13.4. The minimum atomic E-state index is -0.333. The molecule has 0 radical (unpaired) electrons. The van der Waals surface area contributed by atoms with Crippen LogP contribution in [0, 0.1) is 0 Å². The van der Waals surface area contributed by atoms with Gasteiger partial charge in [0.05, 0.1) is 17.6 Å². The monoisotopic (exact) mass is 394 g/mol. The molecule has 6 nitrogen and oxygen atoms in total. The lowest BCUT2D eigenvalue weighted by Crippen LogP contribution is -2.33. The highest BCUT2D eigenvalue weighted by atomic mass is 16.2. The number of carbonyl (C=O) groups excluding carboxylic acids is 2. The Morgan fingerprint density at radius 1 is 1.10 bits per heavy atom. The Hall–Kier alpha value is -3.93. The Balaban J connectivity index is 1.69. The molecule has 0 spiro atoms. The van der Waals surface area contributed by atoms with Gasteiger partial charge in [0.15, 0.2) is 0 Å². The van der Waals surface area contributed by atoms with E-state index in [9.17, 15) is 9.59 Å². The highest BCUT2D eigenvalue weighted by molar-refractivity contribution is 6.11. The standard InChI is InChI=1S/C24H18N4O2/c1-13(29)28-12-19-22(24(28)30)20(15-7-2-5-14-6-4-10-25-23(14)15)16-11-26-17-8-3-9-18(27-19)21(16)17/h2-11,20,26-27H,12H2,1H3. The highest BCUT2D eigenvalue weighted by Gasteiger charge is 2.41. The van der Waals surface area contributed by atoms with Crippen LogP contribution in [0.3, 0.4) is 0 Å². The van der Waals surface area contributed by atoms with Gasteiger partial charge in [-0.25, -0.2) is 0 Å². The number of aromatic amines is 1. The molecule has 0 saturated carbocycles. The van der Waals surface area contributed by atoms with E-state index in [0.29, 0.717) is 5.57 Å². The van der Waals surface area contributed by atoms with E-state index in [1.54, 1.807) is 6.20 Å². The molecule has 2 aromatic heterocycles. The largest absolute Gasteiger partial charge is 0.361 e. The number of para-hydroxylation sites is 1. The van der Waals surface area contributed by atoms with E-state index in [-0.39, 0.29) is 24.3 Å². The summed E-state index contributed by atoms with van der Waals surface area (Å²) in [6, 6.07) is 16.0. The summed E-state index contributed by atoms with van der Waals surface area (Å²) in [5.41, 5.74) is 6.15. The first-order chi connectivity index (χ1) is 14.6. The number of fused-ring (bicyclic) bond motifs is 1. The molecule has 6 rings (SSSR count). The second-order valence-corrected chi connectivity index (χ2v) is 7.76. The summed E-state index contributed by atoms with van der Waals surface area (Å²) in [5.74, 6) is -0.831. The Bertz CT molecular complexity index is 1410. The number of aromatic nitrogens is 2. The first kappa shape index (κ1) is 17.0. The van der Waals surface area contributed by atoms with Crippen LogP contribution in [-0.4, -0.2) is 33.2 Å². The predicted octanol–water partition coefficient (Wildman–Crippen LogP) is 3.92. The quantitative estimate of drug-likeness (QED) is 0.513. The summed E-state index contributed by atoms with van der Waals surface area (Å²) >= 11 is 0. The van der Waals surface area contributed by atoms with Crippen molar-refractivity contribution in [3.63, 3.8) is 0 Å². The van der Waals surface area contributed by atoms with Crippen LogP contribution >= 0.6 is 0 Å². The summed E-state index contributed by atoms with van der Waals surface area (Å²) < 4.78 is 0. The van der Waals surface area contributed by atoms with Crippen LogP contribution in [0.15, 0.2) is 72.2 Å². The van der Waals surface area contributed by atoms with Crippen molar-refractivity contribution in [3.8, 4) is 0 Å². The first-order valence-electron chi connectivity index (χ1n) is 9.89. The molecule has 0 bridgehead atoms. The van der Waals surface area contributed by atoms with Crippen LogP contribution in [0.4, 0.5) is 5.69 Å². The molecular weight excluding hydrogens is 376 g/mol. The van der Waals surface area contributed by atoms with Gasteiger partial charge in [-0.1, -0.05) is 30.3 Å². The zero-order chi connectivity index (χ0) is 20.4. The van der Waals surface area contributed by atoms with Crippen molar-refractivity contribution >= 4 is 39.3 Å². The number of rotatable bonds is 1.